The molecule has 10 heteroatoms. The van der Waals surface area contributed by atoms with Gasteiger partial charge in [0.1, 0.15) is 5.70 Å². The smallest absolute Gasteiger partial charge is 0.272 e. The van der Waals surface area contributed by atoms with Gasteiger partial charge in [-0.2, -0.15) is 0 Å². The lowest BCUT2D eigenvalue weighted by Crippen LogP contribution is -2.31. The van der Waals surface area contributed by atoms with Crippen molar-refractivity contribution in [1.82, 2.24) is 10.2 Å². The number of anilines is 1. The van der Waals surface area contributed by atoms with E-state index in [2.05, 4.69) is 10.6 Å². The van der Waals surface area contributed by atoms with E-state index in [0.29, 0.717) is 56.7 Å². The van der Waals surface area contributed by atoms with Gasteiger partial charge in [0, 0.05) is 32.7 Å². The molecular formula is C33H25Cl2N3O4S. The third kappa shape index (κ3) is 7.35. The van der Waals surface area contributed by atoms with Gasteiger partial charge in [0.2, 0.25) is 0 Å². The number of thioether (sulfide) groups is 1. The number of fused-ring (bicyclic) bond motifs is 1. The quantitative estimate of drug-likeness (QED) is 0.0838. The first-order valence-corrected chi connectivity index (χ1v) is 15.1. The van der Waals surface area contributed by atoms with Gasteiger partial charge in [0.15, 0.2) is 0 Å². The molecule has 7 nitrogen and oxygen atoms in total. The molecule has 43 heavy (non-hydrogen) atoms. The summed E-state index contributed by atoms with van der Waals surface area (Å²) >= 11 is 13.9. The molecule has 4 aromatic rings. The summed E-state index contributed by atoms with van der Waals surface area (Å²) in [5, 5.41) is 6.31. The minimum atomic E-state index is -0.539. The highest BCUT2D eigenvalue weighted by Crippen LogP contribution is 2.26. The monoisotopic (exact) mass is 629 g/mol. The summed E-state index contributed by atoms with van der Waals surface area (Å²) in [4.78, 5) is 53.6. The summed E-state index contributed by atoms with van der Waals surface area (Å²) in [6.45, 7) is 0.318. The highest BCUT2D eigenvalue weighted by Gasteiger charge is 2.34. The topological polar surface area (TPSA) is 95.6 Å². The lowest BCUT2D eigenvalue weighted by Gasteiger charge is -2.14. The van der Waals surface area contributed by atoms with Crippen molar-refractivity contribution in [2.75, 3.05) is 17.6 Å². The number of carbonyl (C=O) groups excluding carboxylic acids is 4. The Kier molecular flexibility index (Phi) is 9.61. The van der Waals surface area contributed by atoms with Crippen LogP contribution in [-0.2, 0) is 4.79 Å². The molecule has 0 atom stereocenters. The van der Waals surface area contributed by atoms with E-state index in [1.54, 1.807) is 78.9 Å². The Hall–Kier alpha value is -4.37. The maximum Gasteiger partial charge on any atom is 0.272 e. The number of nitrogens with one attached hydrogen (secondary N) is 2. The number of amides is 4. The highest BCUT2D eigenvalue weighted by molar-refractivity contribution is 7.99. The molecule has 0 saturated heterocycles. The van der Waals surface area contributed by atoms with Crippen molar-refractivity contribution in [3.8, 4) is 0 Å². The van der Waals surface area contributed by atoms with Crippen LogP contribution in [0, 0.1) is 0 Å². The molecular weight excluding hydrogens is 605 g/mol. The fraction of sp³-hybridized carbons (Fsp3) is 0.0909. The van der Waals surface area contributed by atoms with Crippen molar-refractivity contribution in [2.45, 2.75) is 11.3 Å². The number of hydrogen-bond acceptors (Lipinski definition) is 5. The Labute approximate surface area is 262 Å². The summed E-state index contributed by atoms with van der Waals surface area (Å²) in [7, 11) is 0. The van der Waals surface area contributed by atoms with Gasteiger partial charge in [-0.1, -0.05) is 65.7 Å². The van der Waals surface area contributed by atoms with Gasteiger partial charge in [-0.3, -0.25) is 24.1 Å². The number of halogens is 2. The molecule has 4 aromatic carbocycles. The predicted molar refractivity (Wildman–Crippen MR) is 171 cm³/mol. The first-order valence-electron chi connectivity index (χ1n) is 13.3. The average Bonchev–Trinajstić information content (AvgIpc) is 3.25. The zero-order chi connectivity index (χ0) is 30.3. The fourth-order valence-corrected chi connectivity index (χ4v) is 5.79. The van der Waals surface area contributed by atoms with Gasteiger partial charge >= 0.3 is 0 Å². The average molecular weight is 631 g/mol. The van der Waals surface area contributed by atoms with E-state index < -0.39 is 11.8 Å². The van der Waals surface area contributed by atoms with Gasteiger partial charge in [0.25, 0.3) is 23.6 Å². The first kappa shape index (κ1) is 30.1. The first-order chi connectivity index (χ1) is 20.8. The van der Waals surface area contributed by atoms with E-state index in [1.165, 1.54) is 22.7 Å². The lowest BCUT2D eigenvalue weighted by atomic mass is 10.1. The fourth-order valence-electron chi connectivity index (χ4n) is 4.43. The number of hydrogen-bond donors (Lipinski definition) is 2. The number of carbonyl (C=O) groups is 4. The van der Waals surface area contributed by atoms with E-state index >= 15 is 0 Å². The van der Waals surface area contributed by atoms with Crippen LogP contribution >= 0.6 is 35.0 Å². The number of benzene rings is 4. The van der Waals surface area contributed by atoms with Crippen molar-refractivity contribution >= 4 is 70.4 Å². The predicted octanol–water partition coefficient (Wildman–Crippen LogP) is 7.18. The van der Waals surface area contributed by atoms with Gasteiger partial charge < -0.3 is 10.6 Å². The van der Waals surface area contributed by atoms with Crippen LogP contribution in [0.25, 0.3) is 6.08 Å². The maximum atomic E-state index is 13.4. The van der Waals surface area contributed by atoms with E-state index in [-0.39, 0.29) is 17.5 Å². The minimum absolute atomic E-state index is 0.00271. The zero-order valence-corrected chi connectivity index (χ0v) is 25.0. The summed E-state index contributed by atoms with van der Waals surface area (Å²) in [5.41, 5.74) is 2.30. The van der Waals surface area contributed by atoms with Crippen LogP contribution in [0.3, 0.4) is 0 Å². The molecule has 0 spiro atoms. The van der Waals surface area contributed by atoms with E-state index in [0.717, 1.165) is 4.90 Å². The molecule has 0 bridgehead atoms. The standard InChI is InChI=1S/C33H25Cl2N3O4S/c34-23-15-14-22(28(35)19-23)18-29(37-30(39)21-8-2-1-3-9-21)31(40)36-24-10-6-11-25(20-24)43-17-7-16-38-32(41)26-12-4-5-13-27(26)33(38)42/h1-6,8-15,18-20H,7,16-17H2,(H,36,40)(H,37,39)/b29-18+. The Balaban J connectivity index is 1.23. The molecule has 4 amide bonds. The molecule has 0 saturated carbocycles. The Morgan fingerprint density at radius 1 is 0.814 bits per heavy atom. The van der Waals surface area contributed by atoms with Crippen molar-refractivity contribution in [1.29, 1.82) is 0 Å². The second kappa shape index (κ2) is 13.7. The SMILES string of the molecule is O=C(Nc1cccc(SCCCN2C(=O)c3ccccc3C2=O)c1)/C(=C\c1ccc(Cl)cc1Cl)NC(=O)c1ccccc1. The van der Waals surface area contributed by atoms with Crippen LogP contribution in [0.1, 0.15) is 43.1 Å². The maximum absolute atomic E-state index is 13.4. The van der Waals surface area contributed by atoms with Gasteiger partial charge in [-0.25, -0.2) is 0 Å². The number of nitrogens with zero attached hydrogens (tertiary/aromatic N) is 1. The molecule has 0 aromatic heterocycles. The molecule has 2 N–H and O–H groups in total. The van der Waals surface area contributed by atoms with Crippen LogP contribution < -0.4 is 10.6 Å². The van der Waals surface area contributed by atoms with E-state index in [9.17, 15) is 19.2 Å². The van der Waals surface area contributed by atoms with E-state index in [4.69, 9.17) is 23.2 Å². The summed E-state index contributed by atoms with van der Waals surface area (Å²) in [5.74, 6) is -0.868. The Bertz CT molecular complexity index is 1710. The van der Waals surface area contributed by atoms with Crippen LogP contribution in [0.5, 0.6) is 0 Å². The molecule has 0 aliphatic carbocycles. The van der Waals surface area contributed by atoms with E-state index in [1.807, 2.05) is 18.2 Å². The van der Waals surface area contributed by atoms with Crippen molar-refractivity contribution in [3.63, 3.8) is 0 Å². The molecule has 0 fully saturated rings. The summed E-state index contributed by atoms with van der Waals surface area (Å²) in [6, 6.07) is 27.5. The van der Waals surface area contributed by atoms with Crippen LogP contribution in [0.15, 0.2) is 108 Å². The van der Waals surface area contributed by atoms with Crippen LogP contribution in [0.2, 0.25) is 10.0 Å². The zero-order valence-electron chi connectivity index (χ0n) is 22.7. The second-order valence-electron chi connectivity index (χ2n) is 9.54. The third-order valence-electron chi connectivity index (χ3n) is 6.56. The Morgan fingerprint density at radius 3 is 2.21 bits per heavy atom. The van der Waals surface area contributed by atoms with Gasteiger partial charge in [-0.05, 0) is 78.4 Å². The summed E-state index contributed by atoms with van der Waals surface area (Å²) < 4.78 is 0. The van der Waals surface area contributed by atoms with Crippen LogP contribution in [0.4, 0.5) is 5.69 Å². The third-order valence-corrected chi connectivity index (χ3v) is 8.20. The summed E-state index contributed by atoms with van der Waals surface area (Å²) in [6.07, 6.45) is 2.10. The largest absolute Gasteiger partial charge is 0.321 e. The van der Waals surface area contributed by atoms with Crippen LogP contribution in [-0.4, -0.2) is 40.8 Å². The molecule has 5 rings (SSSR count). The Morgan fingerprint density at radius 2 is 1.51 bits per heavy atom. The molecule has 1 heterocycles. The highest BCUT2D eigenvalue weighted by atomic mass is 35.5. The normalized spacial score (nSPS) is 12.7. The van der Waals surface area contributed by atoms with Crippen molar-refractivity contribution in [3.05, 3.63) is 135 Å². The second-order valence-corrected chi connectivity index (χ2v) is 11.5. The number of imide groups is 1. The minimum Gasteiger partial charge on any atom is -0.321 e. The lowest BCUT2D eigenvalue weighted by molar-refractivity contribution is -0.113. The van der Waals surface area contributed by atoms with Gasteiger partial charge in [0.05, 0.1) is 11.1 Å². The molecule has 216 valence electrons. The van der Waals surface area contributed by atoms with Crippen molar-refractivity contribution < 1.29 is 19.2 Å². The number of rotatable bonds is 10. The molecule has 1 aliphatic rings. The van der Waals surface area contributed by atoms with Gasteiger partial charge in [-0.15, -0.1) is 11.8 Å². The molecule has 0 unspecified atom stereocenters. The molecule has 0 radical (unpaired) electrons. The molecule has 1 aliphatic heterocycles. The van der Waals surface area contributed by atoms with Crippen molar-refractivity contribution in [2.24, 2.45) is 0 Å².